The van der Waals surface area contributed by atoms with Crippen molar-refractivity contribution in [3.05, 3.63) is 18.2 Å². The zero-order valence-electron chi connectivity index (χ0n) is 11.1. The quantitative estimate of drug-likeness (QED) is 0.867. The SMILES string of the molecule is COc1cc(NC(=O)C2CCCC2)ccc1S(=O)(=O)Cl. The Labute approximate surface area is 122 Å². The van der Waals surface area contributed by atoms with Crippen LogP contribution in [0.15, 0.2) is 23.1 Å². The number of carbonyl (C=O) groups excluding carboxylic acids is 1. The Balaban J connectivity index is 2.19. The highest BCUT2D eigenvalue weighted by molar-refractivity contribution is 8.13. The van der Waals surface area contributed by atoms with Gasteiger partial charge in [0.25, 0.3) is 9.05 Å². The molecular formula is C13H16ClNO4S. The molecule has 0 bridgehead atoms. The summed E-state index contributed by atoms with van der Waals surface area (Å²) < 4.78 is 27.7. The standard InChI is InChI=1S/C13H16ClNO4S/c1-19-11-8-10(6-7-12(11)20(14,17)18)15-13(16)9-4-2-3-5-9/h6-9H,2-5H2,1H3,(H,15,16). The number of methoxy groups -OCH3 is 1. The normalized spacial score (nSPS) is 16.1. The molecule has 0 aliphatic heterocycles. The third-order valence-electron chi connectivity index (χ3n) is 3.42. The van der Waals surface area contributed by atoms with Gasteiger partial charge in [0.2, 0.25) is 5.91 Å². The molecule has 0 aromatic heterocycles. The van der Waals surface area contributed by atoms with Crippen LogP contribution in [0.25, 0.3) is 0 Å². The van der Waals surface area contributed by atoms with Crippen LogP contribution in [0.5, 0.6) is 5.75 Å². The number of halogens is 1. The molecule has 1 saturated carbocycles. The van der Waals surface area contributed by atoms with Crippen LogP contribution in [0.3, 0.4) is 0 Å². The maximum absolute atomic E-state index is 12.0. The molecule has 20 heavy (non-hydrogen) atoms. The van der Waals surface area contributed by atoms with Gasteiger partial charge in [-0.1, -0.05) is 12.8 Å². The predicted molar refractivity (Wildman–Crippen MR) is 76.6 cm³/mol. The second-order valence-electron chi connectivity index (χ2n) is 4.77. The largest absolute Gasteiger partial charge is 0.495 e. The minimum Gasteiger partial charge on any atom is -0.495 e. The van der Waals surface area contributed by atoms with Crippen LogP contribution in [0.4, 0.5) is 5.69 Å². The van der Waals surface area contributed by atoms with Crippen LogP contribution in [-0.4, -0.2) is 21.4 Å². The topological polar surface area (TPSA) is 72.5 Å². The van der Waals surface area contributed by atoms with Crippen LogP contribution < -0.4 is 10.1 Å². The van der Waals surface area contributed by atoms with E-state index in [9.17, 15) is 13.2 Å². The van der Waals surface area contributed by atoms with Crippen molar-refractivity contribution in [2.24, 2.45) is 5.92 Å². The molecule has 0 radical (unpaired) electrons. The number of ether oxygens (including phenoxy) is 1. The first kappa shape index (κ1) is 15.1. The van der Waals surface area contributed by atoms with Crippen molar-refractivity contribution in [3.8, 4) is 5.75 Å². The lowest BCUT2D eigenvalue weighted by atomic mass is 10.1. The zero-order valence-corrected chi connectivity index (χ0v) is 12.6. The molecule has 0 saturated heterocycles. The molecular weight excluding hydrogens is 302 g/mol. The fourth-order valence-corrected chi connectivity index (χ4v) is 3.37. The van der Waals surface area contributed by atoms with E-state index in [0.29, 0.717) is 5.69 Å². The molecule has 1 fully saturated rings. The van der Waals surface area contributed by atoms with Crippen LogP contribution in [0, 0.1) is 5.92 Å². The van der Waals surface area contributed by atoms with E-state index < -0.39 is 9.05 Å². The first-order valence-corrected chi connectivity index (χ1v) is 8.66. The summed E-state index contributed by atoms with van der Waals surface area (Å²) in [6, 6.07) is 4.29. The summed E-state index contributed by atoms with van der Waals surface area (Å²) in [5.74, 6) is 0.118. The Bertz CT molecular complexity index is 609. The van der Waals surface area contributed by atoms with E-state index in [0.717, 1.165) is 25.7 Å². The van der Waals surface area contributed by atoms with E-state index in [1.165, 1.54) is 25.3 Å². The summed E-state index contributed by atoms with van der Waals surface area (Å²) in [6.45, 7) is 0. The van der Waals surface area contributed by atoms with Crippen LogP contribution in [0.1, 0.15) is 25.7 Å². The monoisotopic (exact) mass is 317 g/mol. The summed E-state index contributed by atoms with van der Waals surface area (Å²) in [5, 5.41) is 2.78. The molecule has 0 spiro atoms. The van der Waals surface area contributed by atoms with E-state index in [1.54, 1.807) is 0 Å². The Morgan fingerprint density at radius 2 is 2.00 bits per heavy atom. The highest BCUT2D eigenvalue weighted by atomic mass is 35.7. The molecule has 0 atom stereocenters. The summed E-state index contributed by atoms with van der Waals surface area (Å²) in [7, 11) is 2.79. The van der Waals surface area contributed by atoms with Gasteiger partial charge in [0.05, 0.1) is 7.11 Å². The highest BCUT2D eigenvalue weighted by Crippen LogP contribution is 2.31. The second-order valence-corrected chi connectivity index (χ2v) is 7.31. The molecule has 0 heterocycles. The van der Waals surface area contributed by atoms with Crippen molar-refractivity contribution in [1.29, 1.82) is 0 Å². The van der Waals surface area contributed by atoms with Gasteiger partial charge in [0, 0.05) is 28.4 Å². The fourth-order valence-electron chi connectivity index (χ4n) is 2.38. The van der Waals surface area contributed by atoms with Crippen molar-refractivity contribution >= 4 is 31.3 Å². The average Bonchev–Trinajstić information content (AvgIpc) is 2.91. The molecule has 1 aromatic carbocycles. The number of benzene rings is 1. The van der Waals surface area contributed by atoms with E-state index in [4.69, 9.17) is 15.4 Å². The number of carbonyl (C=O) groups is 1. The molecule has 5 nitrogen and oxygen atoms in total. The second kappa shape index (κ2) is 6.01. The lowest BCUT2D eigenvalue weighted by Crippen LogP contribution is -2.20. The zero-order chi connectivity index (χ0) is 14.8. The number of hydrogen-bond acceptors (Lipinski definition) is 4. The molecule has 110 valence electrons. The summed E-state index contributed by atoms with van der Waals surface area (Å²) in [4.78, 5) is 11.9. The molecule has 1 aromatic rings. The number of nitrogens with one attached hydrogen (secondary N) is 1. The Kier molecular flexibility index (Phi) is 4.55. The molecule has 2 rings (SSSR count). The number of hydrogen-bond donors (Lipinski definition) is 1. The molecule has 1 N–H and O–H groups in total. The number of anilines is 1. The minimum atomic E-state index is -3.87. The Morgan fingerprint density at radius 3 is 2.55 bits per heavy atom. The maximum atomic E-state index is 12.0. The van der Waals surface area contributed by atoms with Gasteiger partial charge in [0.1, 0.15) is 10.6 Å². The fraction of sp³-hybridized carbons (Fsp3) is 0.462. The average molecular weight is 318 g/mol. The van der Waals surface area contributed by atoms with E-state index in [2.05, 4.69) is 5.32 Å². The van der Waals surface area contributed by atoms with Crippen molar-refractivity contribution in [2.45, 2.75) is 30.6 Å². The minimum absolute atomic E-state index is 0.0361. The van der Waals surface area contributed by atoms with Crippen molar-refractivity contribution < 1.29 is 17.9 Å². The molecule has 1 aliphatic rings. The highest BCUT2D eigenvalue weighted by Gasteiger charge is 2.23. The summed E-state index contributed by atoms with van der Waals surface area (Å²) in [5.41, 5.74) is 0.503. The van der Waals surface area contributed by atoms with Crippen LogP contribution in [-0.2, 0) is 13.8 Å². The lowest BCUT2D eigenvalue weighted by Gasteiger charge is -2.12. The summed E-state index contributed by atoms with van der Waals surface area (Å²) >= 11 is 0. The molecule has 0 unspecified atom stereocenters. The van der Waals surface area contributed by atoms with Crippen molar-refractivity contribution in [1.82, 2.24) is 0 Å². The third-order valence-corrected chi connectivity index (χ3v) is 4.78. The van der Waals surface area contributed by atoms with Crippen molar-refractivity contribution in [3.63, 3.8) is 0 Å². The van der Waals surface area contributed by atoms with Gasteiger partial charge >= 0.3 is 0 Å². The lowest BCUT2D eigenvalue weighted by molar-refractivity contribution is -0.119. The summed E-state index contributed by atoms with van der Waals surface area (Å²) in [6.07, 6.45) is 3.95. The molecule has 7 heteroatoms. The smallest absolute Gasteiger partial charge is 0.264 e. The van der Waals surface area contributed by atoms with E-state index >= 15 is 0 Å². The van der Waals surface area contributed by atoms with Crippen LogP contribution in [0.2, 0.25) is 0 Å². The number of amides is 1. The van der Waals surface area contributed by atoms with E-state index in [1.807, 2.05) is 0 Å². The van der Waals surface area contributed by atoms with Gasteiger partial charge in [-0.25, -0.2) is 8.42 Å². The Hall–Kier alpha value is -1.27. The van der Waals surface area contributed by atoms with E-state index in [-0.39, 0.29) is 22.5 Å². The predicted octanol–water partition coefficient (Wildman–Crippen LogP) is 2.75. The van der Waals surface area contributed by atoms with Gasteiger partial charge < -0.3 is 10.1 Å². The third kappa shape index (κ3) is 3.43. The first-order valence-electron chi connectivity index (χ1n) is 6.35. The Morgan fingerprint density at radius 1 is 1.35 bits per heavy atom. The molecule has 1 amide bonds. The molecule has 1 aliphatic carbocycles. The van der Waals surface area contributed by atoms with Gasteiger partial charge in [-0.3, -0.25) is 4.79 Å². The number of rotatable bonds is 4. The van der Waals surface area contributed by atoms with Gasteiger partial charge in [-0.15, -0.1) is 0 Å². The van der Waals surface area contributed by atoms with Crippen molar-refractivity contribution in [2.75, 3.05) is 12.4 Å². The van der Waals surface area contributed by atoms with Gasteiger partial charge in [-0.05, 0) is 25.0 Å². The van der Waals surface area contributed by atoms with Gasteiger partial charge in [-0.2, -0.15) is 0 Å². The maximum Gasteiger partial charge on any atom is 0.264 e. The van der Waals surface area contributed by atoms with Crippen LogP contribution >= 0.6 is 10.7 Å². The first-order chi connectivity index (χ1) is 9.41. The van der Waals surface area contributed by atoms with Gasteiger partial charge in [0.15, 0.2) is 0 Å².